The Labute approximate surface area is 241 Å². The van der Waals surface area contributed by atoms with Crippen molar-refractivity contribution in [3.8, 4) is 45.3 Å². The van der Waals surface area contributed by atoms with Crippen LogP contribution in [0.4, 0.5) is 0 Å². The highest BCUT2D eigenvalue weighted by Crippen LogP contribution is 2.40. The van der Waals surface area contributed by atoms with Crippen LogP contribution < -0.4 is 0 Å². The molecule has 0 unspecified atom stereocenters. The molecule has 0 fully saturated rings. The van der Waals surface area contributed by atoms with Gasteiger partial charge < -0.3 is 0 Å². The topological polar surface area (TPSA) is 38.7 Å². The number of hydrogen-bond acceptors (Lipinski definition) is 4. The Balaban J connectivity index is 1.24. The molecule has 6 aromatic carbocycles. The Morgan fingerprint density at radius 2 is 0.927 bits per heavy atom. The van der Waals surface area contributed by atoms with Gasteiger partial charge in [-0.3, -0.25) is 0 Å². The lowest BCUT2D eigenvalue weighted by atomic mass is 9.98. The first-order valence-corrected chi connectivity index (χ1v) is 14.4. The van der Waals surface area contributed by atoms with Crippen LogP contribution in [-0.2, 0) is 0 Å². The van der Waals surface area contributed by atoms with E-state index >= 15 is 0 Å². The van der Waals surface area contributed by atoms with Gasteiger partial charge in [0, 0.05) is 36.9 Å². The average molecular weight is 542 g/mol. The lowest BCUT2D eigenvalue weighted by Crippen LogP contribution is -2.00. The molecular weight excluding hydrogens is 518 g/mol. The summed E-state index contributed by atoms with van der Waals surface area (Å²) in [6, 6.07) is 48.6. The maximum Gasteiger partial charge on any atom is 0.164 e. The molecule has 0 radical (unpaired) electrons. The van der Waals surface area contributed by atoms with E-state index in [1.54, 1.807) is 0 Å². The molecule has 2 aromatic heterocycles. The molecule has 2 heterocycles. The SMILES string of the molecule is c1ccc(-c2nc(-c3ccccc3)nc(-c3ccc4cc(-c5cccc6c5sc5ccccc56)ccc4c3)n2)cc1. The van der Waals surface area contributed by atoms with Gasteiger partial charge in [0.15, 0.2) is 17.5 Å². The number of fused-ring (bicyclic) bond motifs is 4. The van der Waals surface area contributed by atoms with Crippen LogP contribution >= 0.6 is 11.3 Å². The molecule has 0 aliphatic rings. The Hall–Kier alpha value is -5.19. The second-order valence-corrected chi connectivity index (χ2v) is 11.1. The van der Waals surface area contributed by atoms with Gasteiger partial charge in [-0.25, -0.2) is 15.0 Å². The van der Waals surface area contributed by atoms with Gasteiger partial charge in [-0.2, -0.15) is 0 Å². The second kappa shape index (κ2) is 9.77. The van der Waals surface area contributed by atoms with Gasteiger partial charge >= 0.3 is 0 Å². The molecule has 8 aromatic rings. The molecule has 3 nitrogen and oxygen atoms in total. The van der Waals surface area contributed by atoms with E-state index in [0.717, 1.165) is 22.1 Å². The molecule has 0 saturated heterocycles. The number of rotatable bonds is 4. The second-order valence-electron chi connectivity index (χ2n) is 10.1. The number of benzene rings is 6. The lowest BCUT2D eigenvalue weighted by Gasteiger charge is -2.10. The monoisotopic (exact) mass is 541 g/mol. The van der Waals surface area contributed by atoms with Gasteiger partial charge in [0.1, 0.15) is 0 Å². The summed E-state index contributed by atoms with van der Waals surface area (Å²) in [6.07, 6.45) is 0. The zero-order valence-electron chi connectivity index (χ0n) is 22.0. The summed E-state index contributed by atoms with van der Waals surface area (Å²) >= 11 is 1.86. The van der Waals surface area contributed by atoms with Gasteiger partial charge in [0.05, 0.1) is 0 Å². The molecule has 0 bridgehead atoms. The van der Waals surface area contributed by atoms with Gasteiger partial charge in [0.2, 0.25) is 0 Å². The quantitative estimate of drug-likeness (QED) is 0.222. The molecular formula is C37H23N3S. The summed E-state index contributed by atoms with van der Waals surface area (Å²) in [5.74, 6) is 2.00. The Morgan fingerprint density at radius 1 is 0.390 bits per heavy atom. The fraction of sp³-hybridized carbons (Fsp3) is 0. The zero-order chi connectivity index (χ0) is 27.2. The minimum Gasteiger partial charge on any atom is -0.208 e. The van der Waals surface area contributed by atoms with Crippen molar-refractivity contribution in [1.82, 2.24) is 15.0 Å². The van der Waals surface area contributed by atoms with E-state index in [-0.39, 0.29) is 0 Å². The maximum absolute atomic E-state index is 4.91. The maximum atomic E-state index is 4.91. The molecule has 0 aliphatic heterocycles. The van der Waals surface area contributed by atoms with Gasteiger partial charge in [-0.1, -0.05) is 121 Å². The van der Waals surface area contributed by atoms with Crippen LogP contribution in [0.3, 0.4) is 0 Å². The highest BCUT2D eigenvalue weighted by molar-refractivity contribution is 7.26. The predicted molar refractivity (Wildman–Crippen MR) is 172 cm³/mol. The summed E-state index contributed by atoms with van der Waals surface area (Å²) in [4.78, 5) is 14.6. The van der Waals surface area contributed by atoms with Crippen molar-refractivity contribution < 1.29 is 0 Å². The first-order valence-electron chi connectivity index (χ1n) is 13.6. The number of thiophene rings is 1. The van der Waals surface area contributed by atoms with Gasteiger partial charge in [0.25, 0.3) is 0 Å². The summed E-state index contributed by atoms with van der Waals surface area (Å²) in [6.45, 7) is 0. The van der Waals surface area contributed by atoms with Gasteiger partial charge in [-0.05, 0) is 40.1 Å². The van der Waals surface area contributed by atoms with Crippen molar-refractivity contribution >= 4 is 42.3 Å². The van der Waals surface area contributed by atoms with Crippen molar-refractivity contribution in [2.24, 2.45) is 0 Å². The Kier molecular flexibility index (Phi) is 5.64. The van der Waals surface area contributed by atoms with E-state index in [1.807, 2.05) is 72.0 Å². The molecule has 8 rings (SSSR count). The molecule has 0 amide bonds. The highest BCUT2D eigenvalue weighted by atomic mass is 32.1. The average Bonchev–Trinajstić information content (AvgIpc) is 3.44. The van der Waals surface area contributed by atoms with Crippen molar-refractivity contribution in [1.29, 1.82) is 0 Å². The van der Waals surface area contributed by atoms with Crippen LogP contribution in [0.25, 0.3) is 76.2 Å². The molecule has 41 heavy (non-hydrogen) atoms. The third-order valence-electron chi connectivity index (χ3n) is 7.51. The van der Waals surface area contributed by atoms with E-state index in [2.05, 4.69) is 78.9 Å². The smallest absolute Gasteiger partial charge is 0.164 e. The van der Waals surface area contributed by atoms with Crippen LogP contribution in [0.15, 0.2) is 140 Å². The summed E-state index contributed by atoms with van der Waals surface area (Å²) in [5, 5.41) is 4.97. The molecule has 0 atom stereocenters. The first kappa shape index (κ1) is 23.7. The third-order valence-corrected chi connectivity index (χ3v) is 8.73. The number of hydrogen-bond donors (Lipinski definition) is 0. The zero-order valence-corrected chi connectivity index (χ0v) is 22.8. The van der Waals surface area contributed by atoms with E-state index in [4.69, 9.17) is 15.0 Å². The minimum absolute atomic E-state index is 0.665. The van der Waals surface area contributed by atoms with Crippen LogP contribution in [-0.4, -0.2) is 15.0 Å². The highest BCUT2D eigenvalue weighted by Gasteiger charge is 2.14. The lowest BCUT2D eigenvalue weighted by molar-refractivity contribution is 1.07. The molecule has 192 valence electrons. The third kappa shape index (κ3) is 4.26. The van der Waals surface area contributed by atoms with E-state index in [1.165, 1.54) is 36.7 Å². The Morgan fingerprint density at radius 3 is 1.61 bits per heavy atom. The summed E-state index contributed by atoms with van der Waals surface area (Å²) in [7, 11) is 0. The van der Waals surface area contributed by atoms with Crippen molar-refractivity contribution in [2.45, 2.75) is 0 Å². The number of aromatic nitrogens is 3. The molecule has 0 spiro atoms. The largest absolute Gasteiger partial charge is 0.208 e. The van der Waals surface area contributed by atoms with E-state index in [0.29, 0.717) is 17.5 Å². The Bertz CT molecular complexity index is 2140. The van der Waals surface area contributed by atoms with Crippen LogP contribution in [0.1, 0.15) is 0 Å². The molecule has 0 aliphatic carbocycles. The van der Waals surface area contributed by atoms with Gasteiger partial charge in [-0.15, -0.1) is 11.3 Å². The van der Waals surface area contributed by atoms with Crippen LogP contribution in [0.2, 0.25) is 0 Å². The van der Waals surface area contributed by atoms with E-state index < -0.39 is 0 Å². The normalized spacial score (nSPS) is 11.4. The fourth-order valence-electron chi connectivity index (χ4n) is 5.46. The number of nitrogens with zero attached hydrogens (tertiary/aromatic N) is 3. The molecule has 0 saturated carbocycles. The predicted octanol–water partition coefficient (Wildman–Crippen LogP) is 10.1. The van der Waals surface area contributed by atoms with Crippen molar-refractivity contribution in [2.75, 3.05) is 0 Å². The molecule has 4 heteroatoms. The first-order chi connectivity index (χ1) is 20.3. The summed E-state index contributed by atoms with van der Waals surface area (Å²) < 4.78 is 2.65. The molecule has 0 N–H and O–H groups in total. The summed E-state index contributed by atoms with van der Waals surface area (Å²) in [5.41, 5.74) is 5.39. The minimum atomic E-state index is 0.665. The van der Waals surface area contributed by atoms with E-state index in [9.17, 15) is 0 Å². The van der Waals surface area contributed by atoms with Crippen molar-refractivity contribution in [3.05, 3.63) is 140 Å². The van der Waals surface area contributed by atoms with Crippen LogP contribution in [0, 0.1) is 0 Å². The fourth-order valence-corrected chi connectivity index (χ4v) is 6.70. The standard InChI is InChI=1S/C37H23N3S/c1-3-10-24(11-4-1)35-38-36(25-12-5-2-6-13-25)40-37(39-35)29-21-19-26-22-28(20-18-27(26)23-29)30-15-9-16-32-31-14-7-8-17-33(31)41-34(30)32/h1-23H. The van der Waals surface area contributed by atoms with Crippen molar-refractivity contribution in [3.63, 3.8) is 0 Å². The van der Waals surface area contributed by atoms with Crippen LogP contribution in [0.5, 0.6) is 0 Å².